The molecule has 1 fully saturated rings. The number of nitrogens with one attached hydrogen (secondary N) is 1. The van der Waals surface area contributed by atoms with Crippen molar-refractivity contribution in [2.45, 2.75) is 77.4 Å². The van der Waals surface area contributed by atoms with Gasteiger partial charge in [-0.3, -0.25) is 5.32 Å². The summed E-state index contributed by atoms with van der Waals surface area (Å²) < 4.78 is 0. The molecule has 0 spiro atoms. The van der Waals surface area contributed by atoms with E-state index in [9.17, 15) is 5.26 Å². The van der Waals surface area contributed by atoms with Crippen molar-refractivity contribution in [2.24, 2.45) is 0 Å². The van der Waals surface area contributed by atoms with E-state index in [1.807, 2.05) is 0 Å². The number of rotatable bonds is 6. The minimum absolute atomic E-state index is 0.293. The van der Waals surface area contributed by atoms with Crippen LogP contribution in [-0.4, -0.2) is 35.6 Å². The highest BCUT2D eigenvalue weighted by Crippen LogP contribution is 2.31. The summed E-state index contributed by atoms with van der Waals surface area (Å²) in [7, 11) is 0. The largest absolute Gasteiger partial charge is 0.301 e. The molecule has 1 rings (SSSR count). The lowest BCUT2D eigenvalue weighted by atomic mass is 9.79. The Morgan fingerprint density at radius 3 is 2.67 bits per heavy atom. The van der Waals surface area contributed by atoms with E-state index >= 15 is 0 Å². The minimum atomic E-state index is -0.293. The first-order valence-electron chi connectivity index (χ1n) is 7.50. The lowest BCUT2D eigenvalue weighted by Crippen LogP contribution is -2.54. The Morgan fingerprint density at radius 2 is 2.17 bits per heavy atom. The minimum Gasteiger partial charge on any atom is -0.301 e. The van der Waals surface area contributed by atoms with Gasteiger partial charge in [0.1, 0.15) is 5.54 Å². The van der Waals surface area contributed by atoms with Crippen LogP contribution in [0.25, 0.3) is 0 Å². The highest BCUT2D eigenvalue weighted by molar-refractivity contribution is 5.11. The van der Waals surface area contributed by atoms with Crippen LogP contribution in [0, 0.1) is 11.3 Å². The van der Waals surface area contributed by atoms with Crippen LogP contribution in [0.5, 0.6) is 0 Å². The van der Waals surface area contributed by atoms with Crippen LogP contribution in [0.2, 0.25) is 0 Å². The molecule has 3 nitrogen and oxygen atoms in total. The summed E-state index contributed by atoms with van der Waals surface area (Å²) in [6.07, 6.45) is 5.59. The molecule has 0 heterocycles. The second-order valence-corrected chi connectivity index (χ2v) is 5.87. The first kappa shape index (κ1) is 15.5. The Bertz CT molecular complexity index is 282. The van der Waals surface area contributed by atoms with E-state index in [2.05, 4.69) is 44.0 Å². The van der Waals surface area contributed by atoms with Gasteiger partial charge in [0, 0.05) is 12.1 Å². The molecule has 0 aromatic rings. The fourth-order valence-corrected chi connectivity index (χ4v) is 3.26. The van der Waals surface area contributed by atoms with Crippen molar-refractivity contribution in [3.63, 3.8) is 0 Å². The summed E-state index contributed by atoms with van der Waals surface area (Å²) in [5.74, 6) is 0. The van der Waals surface area contributed by atoms with Crippen molar-refractivity contribution in [2.75, 3.05) is 13.1 Å². The summed E-state index contributed by atoms with van der Waals surface area (Å²) in [6, 6.07) is 3.52. The summed E-state index contributed by atoms with van der Waals surface area (Å²) in [5.41, 5.74) is -0.293. The topological polar surface area (TPSA) is 39.1 Å². The van der Waals surface area contributed by atoms with Gasteiger partial charge in [-0.15, -0.1) is 0 Å². The fraction of sp³-hybridized carbons (Fsp3) is 0.933. The lowest BCUT2D eigenvalue weighted by molar-refractivity contribution is 0.121. The second kappa shape index (κ2) is 7.11. The van der Waals surface area contributed by atoms with Crippen molar-refractivity contribution >= 4 is 0 Å². The summed E-state index contributed by atoms with van der Waals surface area (Å²) in [6.45, 7) is 11.0. The SMILES string of the molecule is CCCN(CC)C1CCCC(C#N)(NC(C)C)C1. The molecule has 2 atom stereocenters. The molecule has 3 heteroatoms. The van der Waals surface area contributed by atoms with E-state index < -0.39 is 0 Å². The van der Waals surface area contributed by atoms with Gasteiger partial charge in [0.15, 0.2) is 0 Å². The number of hydrogen-bond acceptors (Lipinski definition) is 3. The molecule has 1 N–H and O–H groups in total. The van der Waals surface area contributed by atoms with Crippen molar-refractivity contribution < 1.29 is 0 Å². The smallest absolute Gasteiger partial charge is 0.108 e. The van der Waals surface area contributed by atoms with Crippen LogP contribution >= 0.6 is 0 Å². The zero-order chi connectivity index (χ0) is 13.6. The summed E-state index contributed by atoms with van der Waals surface area (Å²) in [4.78, 5) is 2.55. The molecule has 104 valence electrons. The van der Waals surface area contributed by atoms with Gasteiger partial charge >= 0.3 is 0 Å². The van der Waals surface area contributed by atoms with Crippen molar-refractivity contribution in [3.8, 4) is 6.07 Å². The summed E-state index contributed by atoms with van der Waals surface area (Å²) in [5, 5.41) is 13.1. The van der Waals surface area contributed by atoms with Gasteiger partial charge in [0.25, 0.3) is 0 Å². The van der Waals surface area contributed by atoms with Crippen LogP contribution in [-0.2, 0) is 0 Å². The zero-order valence-electron chi connectivity index (χ0n) is 12.5. The molecule has 1 aliphatic rings. The Kier molecular flexibility index (Phi) is 6.11. The Balaban J connectivity index is 2.71. The Morgan fingerprint density at radius 1 is 1.44 bits per heavy atom. The van der Waals surface area contributed by atoms with Crippen molar-refractivity contribution in [1.82, 2.24) is 10.2 Å². The van der Waals surface area contributed by atoms with E-state index in [4.69, 9.17) is 0 Å². The molecular weight excluding hydrogens is 222 g/mol. The van der Waals surface area contributed by atoms with E-state index in [0.717, 1.165) is 32.4 Å². The fourth-order valence-electron chi connectivity index (χ4n) is 3.26. The molecule has 2 unspecified atom stereocenters. The third-order valence-corrected chi connectivity index (χ3v) is 3.94. The predicted octanol–water partition coefficient (Wildman–Crippen LogP) is 2.92. The van der Waals surface area contributed by atoms with Gasteiger partial charge in [-0.25, -0.2) is 0 Å². The zero-order valence-corrected chi connectivity index (χ0v) is 12.5. The van der Waals surface area contributed by atoms with Gasteiger partial charge in [-0.1, -0.05) is 13.8 Å². The third-order valence-electron chi connectivity index (χ3n) is 3.94. The number of nitrogens with zero attached hydrogens (tertiary/aromatic N) is 2. The quantitative estimate of drug-likeness (QED) is 0.789. The second-order valence-electron chi connectivity index (χ2n) is 5.87. The molecule has 1 aliphatic carbocycles. The van der Waals surface area contributed by atoms with E-state index in [0.29, 0.717) is 12.1 Å². The average molecular weight is 251 g/mol. The molecule has 0 amide bonds. The van der Waals surface area contributed by atoms with Crippen LogP contribution in [0.15, 0.2) is 0 Å². The monoisotopic (exact) mass is 251 g/mol. The highest BCUT2D eigenvalue weighted by atomic mass is 15.2. The molecule has 0 radical (unpaired) electrons. The van der Waals surface area contributed by atoms with Gasteiger partial charge in [-0.05, 0) is 59.0 Å². The Hall–Kier alpha value is -0.590. The van der Waals surface area contributed by atoms with Crippen LogP contribution in [0.4, 0.5) is 0 Å². The van der Waals surface area contributed by atoms with E-state index in [1.54, 1.807) is 0 Å². The molecular formula is C15H29N3. The predicted molar refractivity (Wildman–Crippen MR) is 76.4 cm³/mol. The lowest BCUT2D eigenvalue weighted by Gasteiger charge is -2.42. The van der Waals surface area contributed by atoms with Gasteiger partial charge in [0.2, 0.25) is 0 Å². The van der Waals surface area contributed by atoms with Gasteiger partial charge in [-0.2, -0.15) is 5.26 Å². The molecule has 0 saturated heterocycles. The third kappa shape index (κ3) is 3.96. The van der Waals surface area contributed by atoms with Crippen LogP contribution in [0.1, 0.15) is 59.8 Å². The van der Waals surface area contributed by atoms with Gasteiger partial charge in [0.05, 0.1) is 6.07 Å². The normalized spacial score (nSPS) is 28.6. The van der Waals surface area contributed by atoms with Crippen LogP contribution < -0.4 is 5.32 Å². The number of nitriles is 1. The molecule has 0 aromatic carbocycles. The highest BCUT2D eigenvalue weighted by Gasteiger charge is 2.38. The molecule has 0 aromatic heterocycles. The van der Waals surface area contributed by atoms with E-state index in [1.165, 1.54) is 12.8 Å². The van der Waals surface area contributed by atoms with Crippen LogP contribution in [0.3, 0.4) is 0 Å². The Labute approximate surface area is 113 Å². The molecule has 18 heavy (non-hydrogen) atoms. The maximum atomic E-state index is 9.56. The molecule has 0 bridgehead atoms. The average Bonchev–Trinajstić information content (AvgIpc) is 2.35. The maximum Gasteiger partial charge on any atom is 0.108 e. The van der Waals surface area contributed by atoms with E-state index in [-0.39, 0.29) is 5.54 Å². The maximum absolute atomic E-state index is 9.56. The summed E-state index contributed by atoms with van der Waals surface area (Å²) >= 11 is 0. The van der Waals surface area contributed by atoms with Gasteiger partial charge < -0.3 is 4.90 Å². The number of hydrogen-bond donors (Lipinski definition) is 1. The van der Waals surface area contributed by atoms with Crippen molar-refractivity contribution in [1.29, 1.82) is 5.26 Å². The first-order chi connectivity index (χ1) is 8.56. The standard InChI is InChI=1S/C15H29N3/c1-5-10-18(6-2)14-8-7-9-15(11-14,12-16)17-13(3)4/h13-14,17H,5-11H2,1-4H3. The molecule has 0 aliphatic heterocycles. The van der Waals surface area contributed by atoms with Crippen molar-refractivity contribution in [3.05, 3.63) is 0 Å². The molecule has 1 saturated carbocycles. The first-order valence-corrected chi connectivity index (χ1v) is 7.50.